The van der Waals surface area contributed by atoms with E-state index < -0.39 is 0 Å². The molecule has 104 valence electrons. The summed E-state index contributed by atoms with van der Waals surface area (Å²) >= 11 is 1.25. The van der Waals surface area contributed by atoms with Gasteiger partial charge in [0, 0.05) is 25.1 Å². The molecule has 0 saturated heterocycles. The zero-order valence-corrected chi connectivity index (χ0v) is 11.8. The van der Waals surface area contributed by atoms with Crippen molar-refractivity contribution >= 4 is 27.6 Å². The fraction of sp³-hybridized carbons (Fsp3) is 0.400. The number of nitrogens with one attached hydrogen (secondary N) is 1. The molecule has 0 aromatic carbocycles. The van der Waals surface area contributed by atoms with Crippen LogP contribution in [-0.4, -0.2) is 40.9 Å². The Morgan fingerprint density at radius 2 is 2.25 bits per heavy atom. The van der Waals surface area contributed by atoms with Gasteiger partial charge in [0.2, 0.25) is 0 Å². The third-order valence-electron chi connectivity index (χ3n) is 2.81. The monoisotopic (exact) mass is 292 g/mol. The summed E-state index contributed by atoms with van der Waals surface area (Å²) in [5, 5.41) is 20.4. The highest BCUT2D eigenvalue weighted by Gasteiger charge is 2.13. The zero-order valence-electron chi connectivity index (χ0n) is 10.9. The molecule has 10 heteroatoms. The minimum atomic E-state index is -0.237. The number of hydrogen-bond donors (Lipinski definition) is 1. The Kier molecular flexibility index (Phi) is 3.14. The number of rotatable bonds is 4. The Morgan fingerprint density at radius 1 is 1.40 bits per heavy atom. The third kappa shape index (κ3) is 2.03. The first kappa shape index (κ1) is 12.7. The van der Waals surface area contributed by atoms with Crippen molar-refractivity contribution in [2.45, 2.75) is 13.5 Å². The van der Waals surface area contributed by atoms with Crippen molar-refractivity contribution in [1.82, 2.24) is 34.4 Å². The van der Waals surface area contributed by atoms with Crippen molar-refractivity contribution < 1.29 is 0 Å². The molecule has 0 unspecified atom stereocenters. The minimum absolute atomic E-state index is 0.232. The van der Waals surface area contributed by atoms with E-state index in [1.54, 1.807) is 7.05 Å². The molecule has 0 aliphatic heterocycles. The van der Waals surface area contributed by atoms with E-state index in [9.17, 15) is 4.79 Å². The molecule has 3 heterocycles. The minimum Gasteiger partial charge on any atom is -0.374 e. The van der Waals surface area contributed by atoms with Gasteiger partial charge in [-0.1, -0.05) is 9.70 Å². The summed E-state index contributed by atoms with van der Waals surface area (Å²) in [4.78, 5) is 12.3. The molecule has 9 nitrogen and oxygen atoms in total. The first-order chi connectivity index (χ1) is 9.70. The third-order valence-corrected chi connectivity index (χ3v) is 3.54. The first-order valence-corrected chi connectivity index (χ1v) is 6.78. The second kappa shape index (κ2) is 4.96. The highest BCUT2D eigenvalue weighted by atomic mass is 32.1. The van der Waals surface area contributed by atoms with Gasteiger partial charge in [0.15, 0.2) is 5.65 Å². The molecule has 0 radical (unpaired) electrons. The molecule has 0 atom stereocenters. The lowest BCUT2D eigenvalue weighted by Crippen LogP contribution is -2.25. The highest BCUT2D eigenvalue weighted by Crippen LogP contribution is 2.17. The van der Waals surface area contributed by atoms with Crippen LogP contribution in [0.25, 0.3) is 11.0 Å². The average molecular weight is 292 g/mol. The SMILES string of the molecule is CCNc1snnc1Cn1nnc2c(cnn2C)c1=O. The second-order valence-corrected chi connectivity index (χ2v) is 4.89. The van der Waals surface area contributed by atoms with Gasteiger partial charge in [0.25, 0.3) is 5.56 Å². The summed E-state index contributed by atoms with van der Waals surface area (Å²) < 4.78 is 6.66. The highest BCUT2D eigenvalue weighted by molar-refractivity contribution is 7.10. The molecule has 0 aliphatic carbocycles. The van der Waals surface area contributed by atoms with Crippen LogP contribution in [0.4, 0.5) is 5.00 Å². The number of nitrogens with zero attached hydrogens (tertiary/aromatic N) is 7. The van der Waals surface area contributed by atoms with Gasteiger partial charge in [0.05, 0.1) is 12.7 Å². The molecule has 0 saturated carbocycles. The maximum atomic E-state index is 12.3. The van der Waals surface area contributed by atoms with Gasteiger partial charge in [-0.15, -0.1) is 10.2 Å². The van der Waals surface area contributed by atoms with Crippen LogP contribution in [0.5, 0.6) is 0 Å². The number of fused-ring (bicyclic) bond motifs is 1. The summed E-state index contributed by atoms with van der Waals surface area (Å²) in [7, 11) is 1.72. The number of anilines is 1. The summed E-state index contributed by atoms with van der Waals surface area (Å²) in [6.07, 6.45) is 1.49. The molecule has 0 bridgehead atoms. The molecule has 3 aromatic heterocycles. The van der Waals surface area contributed by atoms with Crippen molar-refractivity contribution in [2.75, 3.05) is 11.9 Å². The van der Waals surface area contributed by atoms with Crippen LogP contribution >= 0.6 is 11.5 Å². The van der Waals surface area contributed by atoms with Gasteiger partial charge < -0.3 is 5.32 Å². The topological polar surface area (TPSA) is 103 Å². The van der Waals surface area contributed by atoms with Crippen LogP contribution in [0.3, 0.4) is 0 Å². The van der Waals surface area contributed by atoms with Crippen molar-refractivity contribution in [3.8, 4) is 0 Å². The smallest absolute Gasteiger partial charge is 0.281 e. The second-order valence-electron chi connectivity index (χ2n) is 4.14. The van der Waals surface area contributed by atoms with Crippen molar-refractivity contribution in [3.05, 3.63) is 22.2 Å². The van der Waals surface area contributed by atoms with Crippen LogP contribution in [0.2, 0.25) is 0 Å². The van der Waals surface area contributed by atoms with Crippen LogP contribution < -0.4 is 10.9 Å². The lowest BCUT2D eigenvalue weighted by Gasteiger charge is -2.03. The molecule has 20 heavy (non-hydrogen) atoms. The van der Waals surface area contributed by atoms with E-state index in [4.69, 9.17) is 0 Å². The van der Waals surface area contributed by atoms with E-state index in [1.807, 2.05) is 6.92 Å². The first-order valence-electron chi connectivity index (χ1n) is 6.01. The zero-order chi connectivity index (χ0) is 14.1. The van der Waals surface area contributed by atoms with Gasteiger partial charge in [-0.25, -0.2) is 9.36 Å². The average Bonchev–Trinajstić information content (AvgIpc) is 3.02. The van der Waals surface area contributed by atoms with E-state index in [0.29, 0.717) is 16.7 Å². The van der Waals surface area contributed by atoms with E-state index in [1.165, 1.54) is 27.1 Å². The lowest BCUT2D eigenvalue weighted by atomic mass is 10.4. The molecule has 0 aliphatic rings. The van der Waals surface area contributed by atoms with Crippen LogP contribution in [0.15, 0.2) is 11.0 Å². The summed E-state index contributed by atoms with van der Waals surface area (Å²) in [5.74, 6) is 0. The van der Waals surface area contributed by atoms with Gasteiger partial charge in [-0.2, -0.15) is 5.10 Å². The molecule has 0 spiro atoms. The van der Waals surface area contributed by atoms with Gasteiger partial charge in [0.1, 0.15) is 16.1 Å². The van der Waals surface area contributed by atoms with Crippen molar-refractivity contribution in [3.63, 3.8) is 0 Å². The quantitative estimate of drug-likeness (QED) is 0.713. The maximum Gasteiger partial charge on any atom is 0.281 e. The predicted molar refractivity (Wildman–Crippen MR) is 73.7 cm³/mol. The lowest BCUT2D eigenvalue weighted by molar-refractivity contribution is 0.587. The van der Waals surface area contributed by atoms with E-state index in [2.05, 4.69) is 30.3 Å². The molecule has 1 N–H and O–H groups in total. The molecular formula is C10H12N8OS. The summed E-state index contributed by atoms with van der Waals surface area (Å²) in [6, 6.07) is 0. The standard InChI is InChI=1S/C10H12N8OS/c1-3-11-9-7(13-16-20-9)5-18-10(19)6-4-12-17(2)8(6)14-15-18/h4,11H,3,5H2,1-2H3. The Hall–Kier alpha value is -2.36. The van der Waals surface area contributed by atoms with Gasteiger partial charge in [-0.05, 0) is 6.92 Å². The van der Waals surface area contributed by atoms with Crippen LogP contribution in [-0.2, 0) is 13.6 Å². The Labute approximate surface area is 117 Å². The number of hydrogen-bond acceptors (Lipinski definition) is 8. The Bertz CT molecular complexity index is 803. The largest absolute Gasteiger partial charge is 0.374 e. The number of aryl methyl sites for hydroxylation is 1. The summed E-state index contributed by atoms with van der Waals surface area (Å²) in [5.41, 5.74) is 0.907. The normalized spacial score (nSPS) is 11.1. The van der Waals surface area contributed by atoms with E-state index in [-0.39, 0.29) is 12.1 Å². The predicted octanol–water partition coefficient (Wildman–Crippen LogP) is -0.143. The molecular weight excluding hydrogens is 280 g/mol. The van der Waals surface area contributed by atoms with E-state index >= 15 is 0 Å². The van der Waals surface area contributed by atoms with Crippen molar-refractivity contribution in [2.24, 2.45) is 7.05 Å². The fourth-order valence-electron chi connectivity index (χ4n) is 1.83. The van der Waals surface area contributed by atoms with Crippen LogP contribution in [0.1, 0.15) is 12.6 Å². The molecule has 3 rings (SSSR count). The maximum absolute atomic E-state index is 12.3. The van der Waals surface area contributed by atoms with E-state index in [0.717, 1.165) is 11.5 Å². The Morgan fingerprint density at radius 3 is 3.05 bits per heavy atom. The Balaban J connectivity index is 2.00. The fourth-order valence-corrected chi connectivity index (χ4v) is 2.47. The van der Waals surface area contributed by atoms with Gasteiger partial charge >= 0.3 is 0 Å². The summed E-state index contributed by atoms with van der Waals surface area (Å²) in [6.45, 7) is 2.98. The van der Waals surface area contributed by atoms with Gasteiger partial charge in [-0.3, -0.25) is 4.79 Å². The van der Waals surface area contributed by atoms with Crippen molar-refractivity contribution in [1.29, 1.82) is 0 Å². The molecule has 3 aromatic rings. The number of aromatic nitrogens is 7. The van der Waals surface area contributed by atoms with Crippen LogP contribution in [0, 0.1) is 0 Å². The molecule has 0 fully saturated rings. The molecule has 0 amide bonds.